The van der Waals surface area contributed by atoms with Crippen molar-refractivity contribution < 1.29 is 9.53 Å². The first-order chi connectivity index (χ1) is 17.8. The number of fused-ring (bicyclic) bond motifs is 1. The molecule has 0 unspecified atom stereocenters. The minimum atomic E-state index is -0.532. The van der Waals surface area contributed by atoms with Crippen molar-refractivity contribution in [3.63, 3.8) is 0 Å². The molecule has 0 atom stereocenters. The van der Waals surface area contributed by atoms with E-state index in [-0.39, 0.29) is 11.6 Å². The van der Waals surface area contributed by atoms with Gasteiger partial charge in [0.1, 0.15) is 11.4 Å². The number of rotatable bonds is 6. The number of imidazole rings is 1. The summed E-state index contributed by atoms with van der Waals surface area (Å²) in [5.74, 6) is 1.70. The third-order valence-electron chi connectivity index (χ3n) is 7.19. The van der Waals surface area contributed by atoms with Gasteiger partial charge in [-0.25, -0.2) is 14.8 Å². The Balaban J connectivity index is 1.40. The van der Waals surface area contributed by atoms with Gasteiger partial charge in [0.05, 0.1) is 11.2 Å². The number of aromatic nitrogens is 3. The lowest BCUT2D eigenvalue weighted by Crippen LogP contribution is -2.52. The van der Waals surface area contributed by atoms with E-state index in [1.807, 2.05) is 37.4 Å². The molecule has 6 rings (SSSR count). The Morgan fingerprint density at radius 3 is 2.38 bits per heavy atom. The van der Waals surface area contributed by atoms with Crippen molar-refractivity contribution in [2.75, 3.05) is 5.32 Å². The first kappa shape index (κ1) is 23.5. The van der Waals surface area contributed by atoms with Gasteiger partial charge >= 0.3 is 6.09 Å². The van der Waals surface area contributed by atoms with Crippen molar-refractivity contribution in [3.8, 4) is 22.4 Å². The van der Waals surface area contributed by atoms with Gasteiger partial charge in [-0.3, -0.25) is 4.40 Å². The fourth-order valence-electron chi connectivity index (χ4n) is 5.05. The van der Waals surface area contributed by atoms with Gasteiger partial charge in [-0.15, -0.1) is 0 Å². The predicted molar refractivity (Wildman–Crippen MR) is 145 cm³/mol. The molecule has 7 nitrogen and oxygen atoms in total. The molecule has 0 aliphatic heterocycles. The average Bonchev–Trinajstić information content (AvgIpc) is 3.54. The molecule has 0 radical (unpaired) electrons. The van der Waals surface area contributed by atoms with E-state index in [1.54, 1.807) is 6.20 Å². The SMILES string of the molecule is CC(C)(C)OC(=O)NC1(c2ccc(-c3nc4nccn4c(NC4CC4)c3-c3ccccc3)cc2)CCC1. The smallest absolute Gasteiger partial charge is 0.408 e. The number of alkyl carbamates (subject to hydrolysis) is 1. The molecule has 2 aromatic carbocycles. The van der Waals surface area contributed by atoms with E-state index in [4.69, 9.17) is 9.72 Å². The highest BCUT2D eigenvalue weighted by Crippen LogP contribution is 2.43. The molecule has 2 aliphatic carbocycles. The van der Waals surface area contributed by atoms with Gasteiger partial charge in [0.2, 0.25) is 5.78 Å². The van der Waals surface area contributed by atoms with Crippen LogP contribution in [0.1, 0.15) is 58.4 Å². The zero-order valence-electron chi connectivity index (χ0n) is 21.6. The summed E-state index contributed by atoms with van der Waals surface area (Å²) in [7, 11) is 0. The maximum atomic E-state index is 12.6. The highest BCUT2D eigenvalue weighted by Gasteiger charge is 2.41. The second kappa shape index (κ2) is 8.91. The van der Waals surface area contributed by atoms with Crippen molar-refractivity contribution in [2.45, 2.75) is 70.1 Å². The summed E-state index contributed by atoms with van der Waals surface area (Å²) in [4.78, 5) is 22.1. The molecular formula is C30H33N5O2. The number of nitrogens with zero attached hydrogens (tertiary/aromatic N) is 3. The van der Waals surface area contributed by atoms with Gasteiger partial charge < -0.3 is 15.4 Å². The number of hydrogen-bond donors (Lipinski definition) is 2. The van der Waals surface area contributed by atoms with Crippen molar-refractivity contribution in [3.05, 3.63) is 72.6 Å². The standard InChI is InChI=1S/C30H33N5O2/c1-29(2,3)37-28(36)34-30(16-7-17-30)22-12-10-21(11-13-22)25-24(20-8-5-4-6-9-20)26(32-23-14-15-23)35-19-18-31-27(35)33-25/h4-6,8-13,18-19,23,32H,7,14-17H2,1-3H3,(H,34,36). The molecule has 0 bridgehead atoms. The van der Waals surface area contributed by atoms with Gasteiger partial charge in [-0.2, -0.15) is 0 Å². The summed E-state index contributed by atoms with van der Waals surface area (Å²) in [6.07, 6.45) is 8.60. The molecule has 1 amide bonds. The number of amides is 1. The molecule has 7 heteroatoms. The van der Waals surface area contributed by atoms with Crippen LogP contribution in [0.2, 0.25) is 0 Å². The second-order valence-electron chi connectivity index (χ2n) is 11.2. The molecule has 0 saturated heterocycles. The zero-order chi connectivity index (χ0) is 25.6. The Hall–Kier alpha value is -3.87. The Bertz CT molecular complexity index is 1430. The summed E-state index contributed by atoms with van der Waals surface area (Å²) < 4.78 is 7.60. The first-order valence-electron chi connectivity index (χ1n) is 13.1. The normalized spacial score (nSPS) is 16.7. The van der Waals surface area contributed by atoms with E-state index < -0.39 is 5.60 Å². The number of carbonyl (C=O) groups is 1. The van der Waals surface area contributed by atoms with E-state index in [9.17, 15) is 4.79 Å². The minimum absolute atomic E-state index is 0.371. The van der Waals surface area contributed by atoms with Gasteiger partial charge in [0.15, 0.2) is 0 Å². The van der Waals surface area contributed by atoms with Crippen molar-refractivity contribution in [1.29, 1.82) is 0 Å². The largest absolute Gasteiger partial charge is 0.444 e. The van der Waals surface area contributed by atoms with Crippen LogP contribution >= 0.6 is 0 Å². The Morgan fingerprint density at radius 2 is 1.76 bits per heavy atom. The summed E-state index contributed by atoms with van der Waals surface area (Å²) in [5.41, 5.74) is 4.25. The predicted octanol–water partition coefficient (Wildman–Crippen LogP) is 6.54. The van der Waals surface area contributed by atoms with Gasteiger partial charge in [-0.05, 0) is 64.0 Å². The van der Waals surface area contributed by atoms with Crippen molar-refractivity contribution >= 4 is 17.7 Å². The molecule has 2 saturated carbocycles. The van der Waals surface area contributed by atoms with Crippen molar-refractivity contribution in [2.24, 2.45) is 0 Å². The summed E-state index contributed by atoms with van der Waals surface area (Å²) in [6.45, 7) is 5.65. The third kappa shape index (κ3) is 4.66. The molecule has 2 aromatic heterocycles. The Kier molecular flexibility index (Phi) is 5.66. The summed E-state index contributed by atoms with van der Waals surface area (Å²) >= 11 is 0. The quantitative estimate of drug-likeness (QED) is 0.317. The van der Waals surface area contributed by atoms with Crippen LogP contribution in [0, 0.1) is 0 Å². The van der Waals surface area contributed by atoms with E-state index in [0.717, 1.165) is 53.0 Å². The van der Waals surface area contributed by atoms with Gasteiger partial charge in [-0.1, -0.05) is 54.6 Å². The lowest BCUT2D eigenvalue weighted by molar-refractivity contribution is 0.0377. The Morgan fingerprint density at radius 1 is 1.03 bits per heavy atom. The highest BCUT2D eigenvalue weighted by molar-refractivity contribution is 5.90. The molecule has 4 aromatic rings. The molecule has 2 N–H and O–H groups in total. The van der Waals surface area contributed by atoms with Crippen LogP contribution in [0.4, 0.5) is 10.6 Å². The van der Waals surface area contributed by atoms with E-state index in [1.165, 1.54) is 12.8 Å². The monoisotopic (exact) mass is 495 g/mol. The third-order valence-corrected chi connectivity index (χ3v) is 7.19. The number of anilines is 1. The lowest BCUT2D eigenvalue weighted by Gasteiger charge is -2.43. The topological polar surface area (TPSA) is 80.5 Å². The van der Waals surface area contributed by atoms with Gasteiger partial charge in [0.25, 0.3) is 0 Å². The van der Waals surface area contributed by atoms with Crippen LogP contribution in [0.15, 0.2) is 67.0 Å². The maximum absolute atomic E-state index is 12.6. The molecule has 190 valence electrons. The van der Waals surface area contributed by atoms with Crippen LogP contribution in [-0.2, 0) is 10.3 Å². The van der Waals surface area contributed by atoms with Crippen LogP contribution in [0.5, 0.6) is 0 Å². The lowest BCUT2D eigenvalue weighted by atomic mass is 9.71. The summed E-state index contributed by atoms with van der Waals surface area (Å²) in [5, 5.41) is 6.90. The first-order valence-corrected chi connectivity index (χ1v) is 13.1. The number of benzene rings is 2. The molecule has 0 spiro atoms. The molecular weight excluding hydrogens is 462 g/mol. The second-order valence-corrected chi connectivity index (χ2v) is 11.2. The summed E-state index contributed by atoms with van der Waals surface area (Å²) in [6, 6.07) is 19.3. The number of ether oxygens (including phenoxy) is 1. The van der Waals surface area contributed by atoms with Crippen molar-refractivity contribution in [1.82, 2.24) is 19.7 Å². The molecule has 2 aliphatic rings. The van der Waals surface area contributed by atoms with E-state index in [2.05, 4.69) is 64.1 Å². The number of carbonyl (C=O) groups excluding carboxylic acids is 1. The molecule has 2 fully saturated rings. The van der Waals surface area contributed by atoms with Crippen LogP contribution in [0.25, 0.3) is 28.2 Å². The zero-order valence-corrected chi connectivity index (χ0v) is 21.6. The maximum Gasteiger partial charge on any atom is 0.408 e. The van der Waals surface area contributed by atoms with Crippen LogP contribution in [-0.4, -0.2) is 32.1 Å². The Labute approximate surface area is 217 Å². The van der Waals surface area contributed by atoms with Crippen LogP contribution in [0.3, 0.4) is 0 Å². The minimum Gasteiger partial charge on any atom is -0.444 e. The van der Waals surface area contributed by atoms with Gasteiger partial charge in [0, 0.05) is 29.6 Å². The fourth-order valence-corrected chi connectivity index (χ4v) is 5.05. The fraction of sp³-hybridized carbons (Fsp3) is 0.367. The average molecular weight is 496 g/mol. The number of nitrogens with one attached hydrogen (secondary N) is 2. The molecule has 2 heterocycles. The van der Waals surface area contributed by atoms with E-state index >= 15 is 0 Å². The molecule has 37 heavy (non-hydrogen) atoms. The van der Waals surface area contributed by atoms with Crippen LogP contribution < -0.4 is 10.6 Å². The highest BCUT2D eigenvalue weighted by atomic mass is 16.6. The number of hydrogen-bond acceptors (Lipinski definition) is 5. The van der Waals surface area contributed by atoms with E-state index in [0.29, 0.717) is 11.8 Å².